The molecular formula is C16H19NO2. The van der Waals surface area contributed by atoms with Gasteiger partial charge in [0.15, 0.2) is 0 Å². The van der Waals surface area contributed by atoms with Crippen LogP contribution in [0.5, 0.6) is 0 Å². The quantitative estimate of drug-likeness (QED) is 0.814. The van der Waals surface area contributed by atoms with Gasteiger partial charge < -0.3 is 10.4 Å². The summed E-state index contributed by atoms with van der Waals surface area (Å²) in [5.74, 6) is 6.54. The van der Waals surface area contributed by atoms with Crippen molar-refractivity contribution in [2.24, 2.45) is 5.92 Å². The molecule has 0 aromatic heterocycles. The third-order valence-electron chi connectivity index (χ3n) is 3.15. The average molecular weight is 257 g/mol. The molecule has 0 unspecified atom stereocenters. The molecule has 0 radical (unpaired) electrons. The number of rotatable bonds is 4. The van der Waals surface area contributed by atoms with Crippen LogP contribution in [0.4, 0.5) is 5.69 Å². The molecule has 0 heterocycles. The van der Waals surface area contributed by atoms with Crippen LogP contribution in [0.3, 0.4) is 0 Å². The van der Waals surface area contributed by atoms with E-state index in [2.05, 4.69) is 17.2 Å². The molecule has 100 valence electrons. The van der Waals surface area contributed by atoms with Crippen LogP contribution in [0.2, 0.25) is 0 Å². The first-order valence-electron chi connectivity index (χ1n) is 6.69. The van der Waals surface area contributed by atoms with Crippen molar-refractivity contribution in [3.05, 3.63) is 29.3 Å². The van der Waals surface area contributed by atoms with E-state index < -0.39 is 0 Å². The Bertz CT molecular complexity index is 521. The van der Waals surface area contributed by atoms with Gasteiger partial charge in [0.25, 0.3) is 0 Å². The summed E-state index contributed by atoms with van der Waals surface area (Å²) in [6.45, 7) is 2.04. The van der Waals surface area contributed by atoms with Gasteiger partial charge in [-0.25, -0.2) is 0 Å². The number of aliphatic hydroxyl groups is 1. The van der Waals surface area contributed by atoms with Crippen molar-refractivity contribution in [3.63, 3.8) is 0 Å². The first-order chi connectivity index (χ1) is 9.19. The van der Waals surface area contributed by atoms with E-state index in [1.165, 1.54) is 12.8 Å². The maximum atomic E-state index is 11.8. The maximum absolute atomic E-state index is 11.8. The molecule has 3 nitrogen and oxygen atoms in total. The van der Waals surface area contributed by atoms with E-state index in [0.717, 1.165) is 16.8 Å². The molecule has 1 aromatic carbocycles. The van der Waals surface area contributed by atoms with Gasteiger partial charge >= 0.3 is 0 Å². The molecule has 0 saturated heterocycles. The zero-order chi connectivity index (χ0) is 13.7. The molecule has 0 spiro atoms. The number of nitrogens with one attached hydrogen (secondary N) is 1. The zero-order valence-corrected chi connectivity index (χ0v) is 11.2. The summed E-state index contributed by atoms with van der Waals surface area (Å²) in [5.41, 5.74) is 2.74. The van der Waals surface area contributed by atoms with Gasteiger partial charge in [0.2, 0.25) is 5.91 Å². The van der Waals surface area contributed by atoms with Crippen molar-refractivity contribution in [2.45, 2.75) is 32.6 Å². The largest absolute Gasteiger partial charge is 0.395 e. The van der Waals surface area contributed by atoms with Crippen LogP contribution in [0.1, 0.15) is 36.8 Å². The van der Waals surface area contributed by atoms with Crippen LogP contribution in [0, 0.1) is 24.7 Å². The average Bonchev–Trinajstić information content (AvgIpc) is 3.17. The van der Waals surface area contributed by atoms with Crippen molar-refractivity contribution < 1.29 is 9.90 Å². The third-order valence-corrected chi connectivity index (χ3v) is 3.15. The molecule has 2 rings (SSSR count). The lowest BCUT2D eigenvalue weighted by molar-refractivity contribution is -0.116. The fraction of sp³-hybridized carbons (Fsp3) is 0.438. The molecule has 3 heteroatoms. The van der Waals surface area contributed by atoms with Gasteiger partial charge in [-0.1, -0.05) is 17.9 Å². The number of aryl methyl sites for hydroxylation is 1. The summed E-state index contributed by atoms with van der Waals surface area (Å²) in [6, 6.07) is 5.77. The number of hydrogen-bond donors (Lipinski definition) is 2. The highest BCUT2D eigenvalue weighted by molar-refractivity contribution is 5.92. The molecule has 0 atom stereocenters. The fourth-order valence-electron chi connectivity index (χ4n) is 1.84. The van der Waals surface area contributed by atoms with Crippen LogP contribution < -0.4 is 5.32 Å². The van der Waals surface area contributed by atoms with Gasteiger partial charge in [0.1, 0.15) is 0 Å². The Morgan fingerprint density at radius 3 is 2.95 bits per heavy atom. The van der Waals surface area contributed by atoms with Gasteiger partial charge in [-0.3, -0.25) is 4.79 Å². The van der Waals surface area contributed by atoms with E-state index in [1.54, 1.807) is 0 Å². The van der Waals surface area contributed by atoms with Crippen molar-refractivity contribution >= 4 is 11.6 Å². The molecule has 1 aromatic rings. The van der Waals surface area contributed by atoms with Crippen LogP contribution in [-0.4, -0.2) is 17.6 Å². The highest BCUT2D eigenvalue weighted by Crippen LogP contribution is 2.32. The Balaban J connectivity index is 2.03. The Hall–Kier alpha value is -1.79. The van der Waals surface area contributed by atoms with Crippen LogP contribution >= 0.6 is 0 Å². The van der Waals surface area contributed by atoms with Crippen molar-refractivity contribution in [2.75, 3.05) is 11.9 Å². The SMILES string of the molecule is Cc1ccc(C#CCCO)cc1NC(=O)CC1CC1. The second kappa shape index (κ2) is 6.40. The molecule has 1 amide bonds. The first kappa shape index (κ1) is 13.6. The van der Waals surface area contributed by atoms with Crippen molar-refractivity contribution in [1.29, 1.82) is 0 Å². The lowest BCUT2D eigenvalue weighted by Gasteiger charge is -2.08. The zero-order valence-electron chi connectivity index (χ0n) is 11.2. The van der Waals surface area contributed by atoms with E-state index in [0.29, 0.717) is 18.8 Å². The number of aliphatic hydroxyl groups excluding tert-OH is 1. The second-order valence-electron chi connectivity index (χ2n) is 5.00. The molecule has 19 heavy (non-hydrogen) atoms. The summed E-state index contributed by atoms with van der Waals surface area (Å²) in [5, 5.41) is 11.6. The van der Waals surface area contributed by atoms with Gasteiger partial charge in [-0.15, -0.1) is 0 Å². The minimum Gasteiger partial charge on any atom is -0.395 e. The molecule has 1 saturated carbocycles. The predicted octanol–water partition coefficient (Wildman–Crippen LogP) is 2.47. The monoisotopic (exact) mass is 257 g/mol. The predicted molar refractivity (Wildman–Crippen MR) is 75.7 cm³/mol. The van der Waals surface area contributed by atoms with E-state index >= 15 is 0 Å². The van der Waals surface area contributed by atoms with Gasteiger partial charge in [-0.2, -0.15) is 0 Å². The normalized spacial score (nSPS) is 13.6. The summed E-state index contributed by atoms with van der Waals surface area (Å²) >= 11 is 0. The number of anilines is 1. The standard InChI is InChI=1S/C16H19NO2/c1-12-5-6-13(4-2-3-9-18)10-15(12)17-16(19)11-14-7-8-14/h5-6,10,14,18H,3,7-9,11H2,1H3,(H,17,19). The highest BCUT2D eigenvalue weighted by Gasteiger charge is 2.24. The number of carbonyl (C=O) groups excluding carboxylic acids is 1. The van der Waals surface area contributed by atoms with E-state index in [-0.39, 0.29) is 12.5 Å². The number of benzene rings is 1. The molecule has 1 aliphatic rings. The summed E-state index contributed by atoms with van der Waals surface area (Å²) in [4.78, 5) is 11.8. The van der Waals surface area contributed by atoms with Crippen LogP contribution in [-0.2, 0) is 4.79 Å². The third kappa shape index (κ3) is 4.42. The van der Waals surface area contributed by atoms with E-state index in [9.17, 15) is 4.79 Å². The van der Waals surface area contributed by atoms with E-state index in [4.69, 9.17) is 5.11 Å². The Labute approximate surface area is 114 Å². The lowest BCUT2D eigenvalue weighted by atomic mass is 10.1. The molecule has 2 N–H and O–H groups in total. The summed E-state index contributed by atoms with van der Waals surface area (Å²) in [6.07, 6.45) is 3.45. The van der Waals surface area contributed by atoms with Crippen LogP contribution in [0.25, 0.3) is 0 Å². The smallest absolute Gasteiger partial charge is 0.224 e. The number of amides is 1. The van der Waals surface area contributed by atoms with Gasteiger partial charge in [0.05, 0.1) is 6.61 Å². The molecule has 0 aliphatic heterocycles. The highest BCUT2D eigenvalue weighted by atomic mass is 16.2. The maximum Gasteiger partial charge on any atom is 0.224 e. The van der Waals surface area contributed by atoms with E-state index in [1.807, 2.05) is 25.1 Å². The molecular weight excluding hydrogens is 238 g/mol. The molecule has 0 bridgehead atoms. The Kier molecular flexibility index (Phi) is 4.59. The van der Waals surface area contributed by atoms with Crippen molar-refractivity contribution in [3.8, 4) is 11.8 Å². The minimum absolute atomic E-state index is 0.0733. The lowest BCUT2D eigenvalue weighted by Crippen LogP contribution is -2.12. The first-order valence-corrected chi connectivity index (χ1v) is 6.69. The topological polar surface area (TPSA) is 49.3 Å². The fourth-order valence-corrected chi connectivity index (χ4v) is 1.84. The second-order valence-corrected chi connectivity index (χ2v) is 5.00. The molecule has 1 aliphatic carbocycles. The number of carbonyl (C=O) groups is 1. The Morgan fingerprint density at radius 2 is 2.26 bits per heavy atom. The van der Waals surface area contributed by atoms with Crippen molar-refractivity contribution in [1.82, 2.24) is 0 Å². The minimum atomic E-state index is 0.0733. The Morgan fingerprint density at radius 1 is 1.47 bits per heavy atom. The van der Waals surface area contributed by atoms with Gasteiger partial charge in [-0.05, 0) is 43.4 Å². The summed E-state index contributed by atoms with van der Waals surface area (Å²) in [7, 11) is 0. The van der Waals surface area contributed by atoms with Gasteiger partial charge in [0, 0.05) is 24.1 Å². The molecule has 1 fully saturated rings. The van der Waals surface area contributed by atoms with Crippen LogP contribution in [0.15, 0.2) is 18.2 Å². The number of hydrogen-bond acceptors (Lipinski definition) is 2. The summed E-state index contributed by atoms with van der Waals surface area (Å²) < 4.78 is 0.